The average Bonchev–Trinajstić information content (AvgIpc) is 3.33. The zero-order valence-corrected chi connectivity index (χ0v) is 18.5. The van der Waals surface area contributed by atoms with Crippen molar-refractivity contribution in [3.05, 3.63) is 98.3 Å². The van der Waals surface area contributed by atoms with E-state index in [1.54, 1.807) is 0 Å². The Bertz CT molecular complexity index is 1380. The smallest absolute Gasteiger partial charge is 0.316 e. The Balaban J connectivity index is 0. The summed E-state index contributed by atoms with van der Waals surface area (Å²) in [4.78, 5) is 31.1. The number of Topliss-reactive ketones (excluding diaryl/α,β-unsaturated/α-hetero) is 1. The maximum Gasteiger partial charge on any atom is 0.316 e. The third kappa shape index (κ3) is 18.4. The number of carbonyl (C=O) groups is 3. The summed E-state index contributed by atoms with van der Waals surface area (Å²) < 4.78 is 13.9. The molecule has 0 amide bonds. The van der Waals surface area contributed by atoms with E-state index in [0.29, 0.717) is 32.7 Å². The van der Waals surface area contributed by atoms with Crippen molar-refractivity contribution in [3.8, 4) is 0 Å². The maximum atomic E-state index is 10.6. The monoisotopic (exact) mass is 482 g/mol. The molecule has 0 aromatic heterocycles. The summed E-state index contributed by atoms with van der Waals surface area (Å²) in [5.74, 6) is -0.200. The average molecular weight is 483 g/mol. The van der Waals surface area contributed by atoms with Gasteiger partial charge in [-0.15, -0.1) is 0 Å². The quantitative estimate of drug-likeness (QED) is 0.235. The number of hydrogen-bond acceptors (Lipinski definition) is 6. The highest BCUT2D eigenvalue weighted by Gasteiger charge is 2.29. The summed E-state index contributed by atoms with van der Waals surface area (Å²) >= 11 is 0. The van der Waals surface area contributed by atoms with Gasteiger partial charge >= 0.3 is 11.9 Å². The fraction of sp³-hybridized carbons (Fsp3) is 0.333. The number of carbonyl (C=O) groups excluding carboxylic acids is 3. The first kappa shape index (κ1) is 33.0. The van der Waals surface area contributed by atoms with Crippen molar-refractivity contribution in [2.45, 2.75) is 41.0 Å². The van der Waals surface area contributed by atoms with E-state index >= 15 is 0 Å². The zero-order chi connectivity index (χ0) is 24.9. The van der Waals surface area contributed by atoms with E-state index in [1.807, 2.05) is 0 Å². The Hall–Kier alpha value is -5.15. The van der Waals surface area contributed by atoms with Gasteiger partial charge in [-0.3, -0.25) is 14.4 Å². The Morgan fingerprint density at radius 3 is 1.56 bits per heavy atom. The number of cyclic esters (lactones) is 2. The second-order valence-corrected chi connectivity index (χ2v) is 6.08. The van der Waals surface area contributed by atoms with E-state index in [-0.39, 0.29) is 32.6 Å². The van der Waals surface area contributed by atoms with E-state index in [0.717, 1.165) is 12.2 Å². The van der Waals surface area contributed by atoms with Gasteiger partial charge in [0.1, 0.15) is 11.7 Å². The van der Waals surface area contributed by atoms with Crippen molar-refractivity contribution in [3.63, 3.8) is 0 Å². The molecule has 1 atom stereocenters. The topological polar surface area (TPSA) is 82.2 Å². The van der Waals surface area contributed by atoms with Gasteiger partial charge in [0.05, 0.1) is 13.2 Å². The van der Waals surface area contributed by atoms with Crippen LogP contribution < -0.4 is 0 Å². The predicted octanol–water partition coefficient (Wildman–Crippen LogP) is 4.59. The van der Waals surface area contributed by atoms with Crippen LogP contribution in [0.1, 0.15) is 41.0 Å². The molecule has 0 aromatic rings. The highest BCUT2D eigenvalue weighted by molar-refractivity contribution is 5.98. The van der Waals surface area contributed by atoms with Gasteiger partial charge in [-0.1, -0.05) is 20.6 Å². The molecule has 36 heavy (non-hydrogen) atoms. The van der Waals surface area contributed by atoms with Crippen LogP contribution >= 0.6 is 0 Å². The molecule has 3 heterocycles. The van der Waals surface area contributed by atoms with Crippen LogP contribution in [0, 0.1) is 5.92 Å². The molecule has 0 spiro atoms. The van der Waals surface area contributed by atoms with E-state index in [4.69, 9.17) is 4.74 Å². The Morgan fingerprint density at radius 2 is 1.28 bits per heavy atom. The van der Waals surface area contributed by atoms with Crippen molar-refractivity contribution in [1.29, 1.82) is 0 Å². The van der Waals surface area contributed by atoms with E-state index in [1.165, 1.54) is 6.92 Å². The van der Waals surface area contributed by atoms with Crippen LogP contribution in [0.25, 0.3) is 0 Å². The van der Waals surface area contributed by atoms with Gasteiger partial charge in [0.15, 0.2) is 12.4 Å². The SMILES string of the molecule is C.C.C=C=C=C=C=C=C=C=C=C=C=C=C=C=C=C=C1CO1.CC(=O)C1CCOC1=O.O=C1CCCO1. The number of esters is 2. The second-order valence-electron chi connectivity index (χ2n) is 6.08. The molecule has 0 N–H and O–H groups in total. The van der Waals surface area contributed by atoms with Gasteiger partial charge < -0.3 is 14.2 Å². The molecule has 6 nitrogen and oxygen atoms in total. The summed E-state index contributed by atoms with van der Waals surface area (Å²) in [6.07, 6.45) is 2.10. The molecular formula is C30H26O6. The third-order valence-corrected chi connectivity index (χ3v) is 3.54. The molecule has 3 fully saturated rings. The number of ether oxygens (including phenoxy) is 3. The molecule has 0 radical (unpaired) electrons. The zero-order valence-electron chi connectivity index (χ0n) is 18.5. The third-order valence-electron chi connectivity index (χ3n) is 3.54. The molecule has 6 heteroatoms. The first-order valence-corrected chi connectivity index (χ1v) is 9.89. The van der Waals surface area contributed by atoms with Crippen LogP contribution in [-0.2, 0) is 28.6 Å². The lowest BCUT2D eigenvalue weighted by Crippen LogP contribution is -2.15. The van der Waals surface area contributed by atoms with Crippen LogP contribution in [-0.4, -0.2) is 37.5 Å². The molecule has 3 aliphatic heterocycles. The molecule has 0 aliphatic carbocycles. The van der Waals surface area contributed by atoms with Crippen molar-refractivity contribution >= 4 is 17.7 Å². The molecule has 3 rings (SSSR count). The van der Waals surface area contributed by atoms with Crippen molar-refractivity contribution < 1.29 is 28.6 Å². The van der Waals surface area contributed by atoms with Gasteiger partial charge in [-0.05, 0) is 100 Å². The Morgan fingerprint density at radius 1 is 0.778 bits per heavy atom. The van der Waals surface area contributed by atoms with E-state index < -0.39 is 5.92 Å². The van der Waals surface area contributed by atoms with E-state index in [9.17, 15) is 14.4 Å². The van der Waals surface area contributed by atoms with Gasteiger partial charge in [-0.2, -0.15) is 0 Å². The highest BCUT2D eigenvalue weighted by atomic mass is 16.6. The number of epoxide rings is 1. The van der Waals surface area contributed by atoms with Crippen LogP contribution in [0.5, 0.6) is 0 Å². The summed E-state index contributed by atoms with van der Waals surface area (Å²) in [6.45, 7) is 6.37. The highest BCUT2D eigenvalue weighted by Crippen LogP contribution is 2.14. The molecule has 0 bridgehead atoms. The lowest BCUT2D eigenvalue weighted by molar-refractivity contribution is -0.144. The molecule has 0 saturated carbocycles. The van der Waals surface area contributed by atoms with Crippen LogP contribution in [0.15, 0.2) is 98.3 Å². The summed E-state index contributed by atoms with van der Waals surface area (Å²) in [5.41, 5.74) is 37.7. The van der Waals surface area contributed by atoms with Gasteiger partial charge in [0.25, 0.3) is 0 Å². The summed E-state index contributed by atoms with van der Waals surface area (Å²) in [6, 6.07) is 0. The lowest BCUT2D eigenvalue weighted by atomic mass is 10.1. The number of hydrogen-bond donors (Lipinski definition) is 0. The largest absolute Gasteiger partial charge is 0.477 e. The normalized spacial score (nSPS) is 13.8. The first-order valence-electron chi connectivity index (χ1n) is 9.89. The fourth-order valence-electron chi connectivity index (χ4n) is 1.94. The van der Waals surface area contributed by atoms with Gasteiger partial charge in [0.2, 0.25) is 0 Å². The second kappa shape index (κ2) is 21.7. The van der Waals surface area contributed by atoms with Crippen molar-refractivity contribution in [1.82, 2.24) is 0 Å². The van der Waals surface area contributed by atoms with Crippen LogP contribution in [0.2, 0.25) is 0 Å². The minimum absolute atomic E-state index is 0. The number of ketones is 1. The maximum absolute atomic E-state index is 10.6. The Kier molecular flexibility index (Phi) is 19.9. The molecule has 3 aliphatic rings. The van der Waals surface area contributed by atoms with Gasteiger partial charge in [0, 0.05) is 12.8 Å². The molecule has 0 aromatic carbocycles. The minimum atomic E-state index is -0.468. The van der Waals surface area contributed by atoms with E-state index in [2.05, 4.69) is 102 Å². The van der Waals surface area contributed by atoms with Crippen LogP contribution in [0.3, 0.4) is 0 Å². The van der Waals surface area contributed by atoms with Crippen LogP contribution in [0.4, 0.5) is 0 Å². The molecular weight excluding hydrogens is 456 g/mol. The lowest BCUT2D eigenvalue weighted by Gasteiger charge is -1.95. The molecule has 182 valence electrons. The minimum Gasteiger partial charge on any atom is -0.477 e. The predicted molar refractivity (Wildman–Crippen MR) is 131 cm³/mol. The standard InChI is InChI=1S/C18H4O.C6H8O3.C4H6O2.2CH4/c1-2-3-4-5-6-7-8-9-10-11-12-13-14-15-16-18-17-19-18;1-4(7)5-2-3-9-6(5)8;5-4-2-1-3-6-4;;/h1,17H2;5H,2-3H2,1H3;1-3H2;2*1H4. The summed E-state index contributed by atoms with van der Waals surface area (Å²) in [7, 11) is 0. The molecule has 1 unspecified atom stereocenters. The summed E-state index contributed by atoms with van der Waals surface area (Å²) in [5, 5.41) is 0. The Labute approximate surface area is 211 Å². The first-order chi connectivity index (χ1) is 16.5. The molecule has 3 saturated heterocycles. The van der Waals surface area contributed by atoms with Crippen molar-refractivity contribution in [2.24, 2.45) is 5.92 Å². The number of rotatable bonds is 1. The van der Waals surface area contributed by atoms with Crippen molar-refractivity contribution in [2.75, 3.05) is 19.8 Å². The fourth-order valence-corrected chi connectivity index (χ4v) is 1.94. The van der Waals surface area contributed by atoms with Gasteiger partial charge in [-0.25, -0.2) is 0 Å².